The molecule has 8 nitrogen and oxygen atoms in total. The van der Waals surface area contributed by atoms with E-state index in [0.29, 0.717) is 28.2 Å². The van der Waals surface area contributed by atoms with Crippen molar-refractivity contribution in [3.8, 4) is 23.0 Å². The number of imidazole rings is 1. The molecule has 0 aliphatic carbocycles. The van der Waals surface area contributed by atoms with Crippen molar-refractivity contribution in [1.82, 2.24) is 15.0 Å². The average Bonchev–Trinajstić information content (AvgIpc) is 3.10. The van der Waals surface area contributed by atoms with E-state index in [1.54, 1.807) is 6.20 Å². The van der Waals surface area contributed by atoms with Crippen molar-refractivity contribution in [1.29, 1.82) is 0 Å². The third-order valence-electron chi connectivity index (χ3n) is 4.09. The van der Waals surface area contributed by atoms with Crippen LogP contribution in [-0.2, 0) is 16.9 Å². The third kappa shape index (κ3) is 4.30. The van der Waals surface area contributed by atoms with E-state index in [2.05, 4.69) is 19.7 Å². The van der Waals surface area contributed by atoms with Gasteiger partial charge in [-0.2, -0.15) is 13.8 Å². The fraction of sp³-hybridized carbons (Fsp3) is 0.333. The molecule has 0 aliphatic rings. The van der Waals surface area contributed by atoms with E-state index in [0.717, 1.165) is 5.56 Å². The Labute approximate surface area is 168 Å². The zero-order valence-electron chi connectivity index (χ0n) is 16.1. The van der Waals surface area contributed by atoms with Crippen LogP contribution in [0.1, 0.15) is 11.3 Å². The Morgan fingerprint density at radius 2 is 1.83 bits per heavy atom. The van der Waals surface area contributed by atoms with Gasteiger partial charge in [-0.15, -0.1) is 0 Å². The van der Waals surface area contributed by atoms with Gasteiger partial charge in [0.15, 0.2) is 28.8 Å². The van der Waals surface area contributed by atoms with Gasteiger partial charge < -0.3 is 23.5 Å². The van der Waals surface area contributed by atoms with E-state index in [9.17, 15) is 13.3 Å². The van der Waals surface area contributed by atoms with E-state index in [-0.39, 0.29) is 22.4 Å². The SMILES string of the molecule is COc1cc2[nH]c([S+]([O-])Cc3ncc(C)c(OC)c3OC)nc2cc1OC(F)F. The normalized spacial score (nSPS) is 12.3. The summed E-state index contributed by atoms with van der Waals surface area (Å²) in [4.78, 5) is 11.4. The van der Waals surface area contributed by atoms with E-state index in [4.69, 9.17) is 14.2 Å². The number of benzene rings is 1. The first-order valence-electron chi connectivity index (χ1n) is 8.35. The topological polar surface area (TPSA) is 102 Å². The zero-order valence-corrected chi connectivity index (χ0v) is 16.9. The largest absolute Gasteiger partial charge is 0.609 e. The van der Waals surface area contributed by atoms with Crippen molar-refractivity contribution < 1.29 is 32.3 Å². The first-order valence-corrected chi connectivity index (χ1v) is 9.67. The molecular weight excluding hydrogens is 408 g/mol. The van der Waals surface area contributed by atoms with Crippen molar-refractivity contribution in [3.05, 3.63) is 29.6 Å². The van der Waals surface area contributed by atoms with Gasteiger partial charge in [0.1, 0.15) is 5.69 Å². The molecule has 0 fully saturated rings. The highest BCUT2D eigenvalue weighted by atomic mass is 32.2. The quantitative estimate of drug-likeness (QED) is 0.551. The van der Waals surface area contributed by atoms with Gasteiger partial charge in [-0.1, -0.05) is 0 Å². The summed E-state index contributed by atoms with van der Waals surface area (Å²) in [7, 11) is 4.32. The van der Waals surface area contributed by atoms with Crippen molar-refractivity contribution in [2.45, 2.75) is 24.4 Å². The maximum absolute atomic E-state index is 12.9. The Kier molecular flexibility index (Phi) is 6.28. The Bertz CT molecular complexity index is 1010. The van der Waals surface area contributed by atoms with Crippen LogP contribution in [0.3, 0.4) is 0 Å². The zero-order chi connectivity index (χ0) is 21.1. The Morgan fingerprint density at radius 3 is 2.45 bits per heavy atom. The number of rotatable bonds is 8. The number of nitrogens with one attached hydrogen (secondary N) is 1. The molecule has 0 bridgehead atoms. The van der Waals surface area contributed by atoms with Crippen LogP contribution >= 0.6 is 0 Å². The molecule has 1 N–H and O–H groups in total. The Morgan fingerprint density at radius 1 is 1.10 bits per heavy atom. The number of hydrogen-bond acceptors (Lipinski definition) is 7. The number of methoxy groups -OCH3 is 3. The molecule has 1 aromatic carbocycles. The smallest absolute Gasteiger partial charge is 0.387 e. The first kappa shape index (κ1) is 20.9. The summed E-state index contributed by atoms with van der Waals surface area (Å²) in [5.41, 5.74) is 1.99. The van der Waals surface area contributed by atoms with Gasteiger partial charge in [-0.05, 0) is 6.92 Å². The standard InChI is InChI=1S/C18H19F2N3O5S/c1-9-7-21-12(16(27-4)15(9)26-3)8-29(24)18-22-10-5-13(25-2)14(28-17(19)20)6-11(10)23-18/h5-7,17H,8H2,1-4H3,(H,22,23). The molecule has 1 atom stereocenters. The lowest BCUT2D eigenvalue weighted by molar-refractivity contribution is -0.0511. The van der Waals surface area contributed by atoms with Crippen LogP contribution in [0.25, 0.3) is 11.0 Å². The number of pyridine rings is 1. The second-order valence-corrected chi connectivity index (χ2v) is 7.25. The predicted octanol–water partition coefficient (Wildman–Crippen LogP) is 3.20. The number of alkyl halides is 2. The van der Waals surface area contributed by atoms with Crippen LogP contribution < -0.4 is 18.9 Å². The molecule has 3 aromatic rings. The van der Waals surface area contributed by atoms with Crippen molar-refractivity contribution >= 4 is 22.2 Å². The van der Waals surface area contributed by atoms with Gasteiger partial charge in [0, 0.05) is 35.1 Å². The highest BCUT2D eigenvalue weighted by molar-refractivity contribution is 7.90. The monoisotopic (exact) mass is 427 g/mol. The van der Waals surface area contributed by atoms with Crippen LogP contribution in [0.4, 0.5) is 8.78 Å². The molecule has 0 saturated heterocycles. The van der Waals surface area contributed by atoms with Gasteiger partial charge >= 0.3 is 11.8 Å². The Balaban J connectivity index is 1.93. The minimum Gasteiger partial charge on any atom is -0.609 e. The summed E-state index contributed by atoms with van der Waals surface area (Å²) < 4.78 is 58.3. The number of hydrogen-bond donors (Lipinski definition) is 1. The summed E-state index contributed by atoms with van der Waals surface area (Å²) >= 11 is -1.62. The Hall–Kier alpha value is -2.79. The third-order valence-corrected chi connectivity index (χ3v) is 5.25. The number of H-pyrrole nitrogens is 1. The molecule has 29 heavy (non-hydrogen) atoms. The molecule has 0 amide bonds. The second-order valence-electron chi connectivity index (χ2n) is 5.88. The molecule has 0 radical (unpaired) electrons. The van der Waals surface area contributed by atoms with Crippen LogP contribution in [-0.4, -0.2) is 47.4 Å². The van der Waals surface area contributed by atoms with Crippen LogP contribution in [0.2, 0.25) is 0 Å². The molecular formula is C18H19F2N3O5S. The van der Waals surface area contributed by atoms with Crippen LogP contribution in [0.15, 0.2) is 23.5 Å². The van der Waals surface area contributed by atoms with Gasteiger partial charge in [0.05, 0.1) is 32.4 Å². The number of aromatic nitrogens is 3. The first-order chi connectivity index (χ1) is 13.9. The lowest BCUT2D eigenvalue weighted by Gasteiger charge is -2.14. The van der Waals surface area contributed by atoms with Crippen molar-refractivity contribution in [2.75, 3.05) is 21.3 Å². The molecule has 1 unspecified atom stereocenters. The summed E-state index contributed by atoms with van der Waals surface area (Å²) in [5, 5.41) is 0.152. The van der Waals surface area contributed by atoms with Gasteiger partial charge in [-0.3, -0.25) is 9.97 Å². The number of halogens is 2. The maximum Gasteiger partial charge on any atom is 0.387 e. The molecule has 0 saturated carbocycles. The molecule has 0 spiro atoms. The minimum atomic E-state index is -3.01. The molecule has 0 aliphatic heterocycles. The van der Waals surface area contributed by atoms with Crippen molar-refractivity contribution in [3.63, 3.8) is 0 Å². The minimum absolute atomic E-state index is 0.0111. The predicted molar refractivity (Wildman–Crippen MR) is 101 cm³/mol. The fourth-order valence-electron chi connectivity index (χ4n) is 2.81. The number of ether oxygens (including phenoxy) is 4. The molecule has 2 heterocycles. The highest BCUT2D eigenvalue weighted by Crippen LogP contribution is 2.36. The summed E-state index contributed by atoms with van der Waals surface area (Å²) in [6.07, 6.45) is 1.60. The lowest BCUT2D eigenvalue weighted by atomic mass is 10.2. The second kappa shape index (κ2) is 8.70. The average molecular weight is 427 g/mol. The fourth-order valence-corrected chi connectivity index (χ4v) is 3.83. The van der Waals surface area contributed by atoms with E-state index >= 15 is 0 Å². The highest BCUT2D eigenvalue weighted by Gasteiger charge is 2.24. The maximum atomic E-state index is 12.9. The molecule has 2 aromatic heterocycles. The molecule has 3 rings (SSSR count). The van der Waals surface area contributed by atoms with E-state index in [1.165, 1.54) is 33.5 Å². The number of aryl methyl sites for hydroxylation is 1. The number of aromatic amines is 1. The van der Waals surface area contributed by atoms with Crippen molar-refractivity contribution in [2.24, 2.45) is 0 Å². The van der Waals surface area contributed by atoms with E-state index in [1.807, 2.05) is 6.92 Å². The van der Waals surface area contributed by atoms with Gasteiger partial charge in [0.25, 0.3) is 0 Å². The number of fused-ring (bicyclic) bond motifs is 1. The molecule has 11 heteroatoms. The molecule has 156 valence electrons. The number of nitrogens with zero attached hydrogens (tertiary/aromatic N) is 2. The van der Waals surface area contributed by atoms with Crippen LogP contribution in [0.5, 0.6) is 23.0 Å². The van der Waals surface area contributed by atoms with Gasteiger partial charge in [-0.25, -0.2) is 0 Å². The van der Waals surface area contributed by atoms with Crippen LogP contribution in [0, 0.1) is 6.92 Å². The van der Waals surface area contributed by atoms with Gasteiger partial charge in [0.2, 0.25) is 0 Å². The summed E-state index contributed by atoms with van der Waals surface area (Å²) in [6, 6.07) is 2.75. The summed E-state index contributed by atoms with van der Waals surface area (Å²) in [6.45, 7) is -1.19. The van der Waals surface area contributed by atoms with E-state index < -0.39 is 17.8 Å². The summed E-state index contributed by atoms with van der Waals surface area (Å²) in [5.74, 6) is 0.858. The lowest BCUT2D eigenvalue weighted by Crippen LogP contribution is -2.10.